The summed E-state index contributed by atoms with van der Waals surface area (Å²) in [6.45, 7) is 6.38. The van der Waals surface area contributed by atoms with Gasteiger partial charge >= 0.3 is 0 Å². The van der Waals surface area contributed by atoms with Gasteiger partial charge in [0.05, 0.1) is 11.1 Å². The summed E-state index contributed by atoms with van der Waals surface area (Å²) in [4.78, 5) is 27.2. The molecule has 0 saturated carbocycles. The molecule has 2 amide bonds. The molecule has 1 fully saturated rings. The molecular weight excluding hydrogens is 432 g/mol. The van der Waals surface area contributed by atoms with Crippen molar-refractivity contribution in [2.45, 2.75) is 33.1 Å². The molecule has 0 aromatic heterocycles. The van der Waals surface area contributed by atoms with E-state index in [0.717, 1.165) is 30.4 Å². The molecule has 0 radical (unpaired) electrons. The van der Waals surface area contributed by atoms with E-state index in [-0.39, 0.29) is 11.8 Å². The highest BCUT2D eigenvalue weighted by atomic mass is 79.9. The maximum absolute atomic E-state index is 12.7. The number of likely N-dealkylation sites (tertiary alicyclic amines) is 1. The van der Waals surface area contributed by atoms with Crippen LogP contribution in [0.3, 0.4) is 0 Å². The molecule has 2 aromatic rings. The highest BCUT2D eigenvalue weighted by molar-refractivity contribution is 9.10. The van der Waals surface area contributed by atoms with Crippen LogP contribution in [0.2, 0.25) is 0 Å². The Labute approximate surface area is 180 Å². The first-order valence-electron chi connectivity index (χ1n) is 10.1. The van der Waals surface area contributed by atoms with Gasteiger partial charge in [0.1, 0.15) is 5.75 Å². The number of anilines is 1. The van der Waals surface area contributed by atoms with Crippen molar-refractivity contribution in [2.75, 3.05) is 25.0 Å². The lowest BCUT2D eigenvalue weighted by Crippen LogP contribution is -2.35. The van der Waals surface area contributed by atoms with Gasteiger partial charge in [0.25, 0.3) is 11.8 Å². The number of amides is 2. The number of hydrogen-bond donors (Lipinski definition) is 1. The number of nitrogens with zero attached hydrogens (tertiary/aromatic N) is 1. The van der Waals surface area contributed by atoms with Gasteiger partial charge in [-0.15, -0.1) is 0 Å². The van der Waals surface area contributed by atoms with Gasteiger partial charge in [-0.3, -0.25) is 9.59 Å². The summed E-state index contributed by atoms with van der Waals surface area (Å²) in [5, 5.41) is 2.88. The van der Waals surface area contributed by atoms with Crippen LogP contribution in [0.1, 0.15) is 53.8 Å². The maximum atomic E-state index is 12.7. The monoisotopic (exact) mass is 458 g/mol. The molecule has 29 heavy (non-hydrogen) atoms. The normalized spacial score (nSPS) is 14.0. The summed E-state index contributed by atoms with van der Waals surface area (Å²) in [7, 11) is 0. The van der Waals surface area contributed by atoms with Crippen molar-refractivity contribution >= 4 is 33.4 Å². The molecule has 1 heterocycles. The van der Waals surface area contributed by atoms with Gasteiger partial charge in [-0.25, -0.2) is 0 Å². The maximum Gasteiger partial charge on any atom is 0.255 e. The van der Waals surface area contributed by atoms with Crippen molar-refractivity contribution in [3.8, 4) is 5.75 Å². The van der Waals surface area contributed by atoms with Gasteiger partial charge in [-0.1, -0.05) is 19.9 Å². The first-order chi connectivity index (χ1) is 13.9. The van der Waals surface area contributed by atoms with Gasteiger partial charge in [0.15, 0.2) is 0 Å². The van der Waals surface area contributed by atoms with Gasteiger partial charge in [-0.2, -0.15) is 0 Å². The van der Waals surface area contributed by atoms with E-state index in [9.17, 15) is 9.59 Å². The average molecular weight is 459 g/mol. The van der Waals surface area contributed by atoms with E-state index in [1.54, 1.807) is 42.5 Å². The Morgan fingerprint density at radius 3 is 2.52 bits per heavy atom. The molecule has 0 bridgehead atoms. The lowest BCUT2D eigenvalue weighted by molar-refractivity contribution is 0.0724. The smallest absolute Gasteiger partial charge is 0.255 e. The van der Waals surface area contributed by atoms with E-state index in [0.29, 0.717) is 35.1 Å². The molecule has 3 rings (SSSR count). The molecule has 6 heteroatoms. The Hall–Kier alpha value is -2.34. The summed E-state index contributed by atoms with van der Waals surface area (Å²) in [6, 6.07) is 12.4. The van der Waals surface area contributed by atoms with E-state index < -0.39 is 0 Å². The summed E-state index contributed by atoms with van der Waals surface area (Å²) >= 11 is 3.47. The molecule has 154 valence electrons. The fourth-order valence-corrected chi connectivity index (χ4v) is 3.72. The number of benzene rings is 2. The Bertz CT molecular complexity index is 876. The van der Waals surface area contributed by atoms with E-state index in [1.807, 2.05) is 4.90 Å². The first-order valence-corrected chi connectivity index (χ1v) is 10.9. The van der Waals surface area contributed by atoms with Gasteiger partial charge in [-0.05, 0) is 77.5 Å². The lowest BCUT2D eigenvalue weighted by Gasteiger charge is -2.26. The number of hydrogen-bond acceptors (Lipinski definition) is 3. The zero-order chi connectivity index (χ0) is 20.8. The molecule has 1 saturated heterocycles. The predicted molar refractivity (Wildman–Crippen MR) is 119 cm³/mol. The molecule has 1 aliphatic heterocycles. The summed E-state index contributed by atoms with van der Waals surface area (Å²) < 4.78 is 6.47. The second kappa shape index (κ2) is 9.92. The number of rotatable bonds is 6. The third-order valence-corrected chi connectivity index (χ3v) is 5.40. The van der Waals surface area contributed by atoms with Crippen LogP contribution in [-0.2, 0) is 0 Å². The SMILES string of the molecule is CC(C)COc1ccc(C(=O)Nc2cccc(C(=O)N3CCCCC3)c2)cc1Br. The zero-order valence-electron chi connectivity index (χ0n) is 16.9. The zero-order valence-corrected chi connectivity index (χ0v) is 18.5. The Morgan fingerprint density at radius 2 is 1.83 bits per heavy atom. The number of piperidine rings is 1. The molecule has 2 aromatic carbocycles. The lowest BCUT2D eigenvalue weighted by atomic mass is 10.1. The van der Waals surface area contributed by atoms with E-state index in [1.165, 1.54) is 6.42 Å². The highest BCUT2D eigenvalue weighted by Gasteiger charge is 2.18. The Kier molecular flexibility index (Phi) is 7.31. The fraction of sp³-hybridized carbons (Fsp3) is 0.391. The van der Waals surface area contributed by atoms with Gasteiger partial charge < -0.3 is 15.0 Å². The number of carbonyl (C=O) groups excluding carboxylic acids is 2. The van der Waals surface area contributed by atoms with Crippen LogP contribution in [0.15, 0.2) is 46.9 Å². The largest absolute Gasteiger partial charge is 0.492 e. The third kappa shape index (κ3) is 5.82. The van der Waals surface area contributed by atoms with Crippen LogP contribution in [0.4, 0.5) is 5.69 Å². The van der Waals surface area contributed by atoms with E-state index in [2.05, 4.69) is 35.1 Å². The standard InChI is InChI=1S/C23H27BrN2O3/c1-16(2)15-29-21-10-9-17(14-20(21)24)22(27)25-19-8-6-7-18(13-19)23(28)26-11-4-3-5-12-26/h6-10,13-14,16H,3-5,11-12,15H2,1-2H3,(H,25,27). The number of nitrogens with one attached hydrogen (secondary N) is 1. The van der Waals surface area contributed by atoms with Crippen LogP contribution in [0.5, 0.6) is 5.75 Å². The van der Waals surface area contributed by atoms with Crippen molar-refractivity contribution in [1.82, 2.24) is 4.90 Å². The van der Waals surface area contributed by atoms with Crippen molar-refractivity contribution < 1.29 is 14.3 Å². The van der Waals surface area contributed by atoms with Crippen molar-refractivity contribution in [3.05, 3.63) is 58.1 Å². The van der Waals surface area contributed by atoms with Crippen LogP contribution >= 0.6 is 15.9 Å². The highest BCUT2D eigenvalue weighted by Crippen LogP contribution is 2.27. The van der Waals surface area contributed by atoms with Crippen molar-refractivity contribution in [3.63, 3.8) is 0 Å². The van der Waals surface area contributed by atoms with Crippen LogP contribution < -0.4 is 10.1 Å². The first kappa shape index (κ1) is 21.4. The molecule has 0 spiro atoms. The number of halogens is 1. The minimum absolute atomic E-state index is 0.0233. The molecule has 0 unspecified atom stereocenters. The molecule has 0 aliphatic carbocycles. The fourth-order valence-electron chi connectivity index (χ4n) is 3.23. The quantitative estimate of drug-likeness (QED) is 0.633. The summed E-state index contributed by atoms with van der Waals surface area (Å²) in [6.07, 6.45) is 3.28. The molecule has 0 atom stereocenters. The summed E-state index contributed by atoms with van der Waals surface area (Å²) in [5.74, 6) is 0.924. The van der Waals surface area contributed by atoms with Crippen molar-refractivity contribution in [1.29, 1.82) is 0 Å². The molecule has 1 aliphatic rings. The Balaban J connectivity index is 1.67. The number of carbonyl (C=O) groups is 2. The molecular formula is C23H27BrN2O3. The van der Waals surface area contributed by atoms with E-state index in [4.69, 9.17) is 4.74 Å². The predicted octanol–water partition coefficient (Wildman–Crippen LogP) is 5.36. The molecule has 1 N–H and O–H groups in total. The van der Waals surface area contributed by atoms with Crippen LogP contribution in [0, 0.1) is 5.92 Å². The van der Waals surface area contributed by atoms with Crippen LogP contribution in [0.25, 0.3) is 0 Å². The number of ether oxygens (including phenoxy) is 1. The van der Waals surface area contributed by atoms with E-state index >= 15 is 0 Å². The summed E-state index contributed by atoms with van der Waals surface area (Å²) in [5.41, 5.74) is 1.72. The topological polar surface area (TPSA) is 58.6 Å². The van der Waals surface area contributed by atoms with Gasteiger partial charge in [0, 0.05) is 29.9 Å². The third-order valence-electron chi connectivity index (χ3n) is 4.78. The second-order valence-electron chi connectivity index (χ2n) is 7.74. The average Bonchev–Trinajstić information content (AvgIpc) is 2.73. The van der Waals surface area contributed by atoms with Crippen LogP contribution in [-0.4, -0.2) is 36.4 Å². The minimum Gasteiger partial charge on any atom is -0.492 e. The Morgan fingerprint density at radius 1 is 1.07 bits per heavy atom. The second-order valence-corrected chi connectivity index (χ2v) is 8.59. The molecule has 5 nitrogen and oxygen atoms in total. The van der Waals surface area contributed by atoms with Crippen molar-refractivity contribution in [2.24, 2.45) is 5.92 Å². The minimum atomic E-state index is -0.233. The van der Waals surface area contributed by atoms with Gasteiger partial charge in [0.2, 0.25) is 0 Å².